The molecule has 6 heteroatoms. The van der Waals surface area contributed by atoms with Crippen LogP contribution >= 0.6 is 0 Å². The van der Waals surface area contributed by atoms with Gasteiger partial charge in [-0.1, -0.05) is 6.07 Å². The van der Waals surface area contributed by atoms with Gasteiger partial charge in [-0.2, -0.15) is 0 Å². The third-order valence-electron chi connectivity index (χ3n) is 5.25. The number of piperidine rings is 1. The molecule has 3 heterocycles. The quantitative estimate of drug-likeness (QED) is 0.768. The molecule has 3 aliphatic heterocycles. The first-order chi connectivity index (χ1) is 11.2. The molecule has 0 aliphatic carbocycles. The van der Waals surface area contributed by atoms with Crippen molar-refractivity contribution in [2.45, 2.75) is 31.8 Å². The second-order valence-corrected chi connectivity index (χ2v) is 6.79. The Kier molecular flexibility index (Phi) is 3.87. The molecule has 6 nitrogen and oxygen atoms in total. The van der Waals surface area contributed by atoms with Gasteiger partial charge < -0.3 is 25.4 Å². The molecule has 2 saturated heterocycles. The number of carbonyl (C=O) groups is 1. The van der Waals surface area contributed by atoms with E-state index in [1.54, 1.807) is 0 Å². The van der Waals surface area contributed by atoms with Crippen molar-refractivity contribution in [3.8, 4) is 11.5 Å². The lowest BCUT2D eigenvalue weighted by atomic mass is 9.77. The van der Waals surface area contributed by atoms with Crippen molar-refractivity contribution in [2.75, 3.05) is 26.4 Å². The Morgan fingerprint density at radius 2 is 2.09 bits per heavy atom. The van der Waals surface area contributed by atoms with Crippen molar-refractivity contribution in [3.05, 3.63) is 23.8 Å². The largest absolute Gasteiger partial charge is 0.454 e. The van der Waals surface area contributed by atoms with Crippen LogP contribution in [0.15, 0.2) is 18.2 Å². The molecular formula is C17H23N3O3. The fourth-order valence-electron chi connectivity index (χ4n) is 3.80. The van der Waals surface area contributed by atoms with Crippen LogP contribution in [0.25, 0.3) is 0 Å². The van der Waals surface area contributed by atoms with Crippen LogP contribution in [0, 0.1) is 5.41 Å². The summed E-state index contributed by atoms with van der Waals surface area (Å²) in [5.41, 5.74) is 1.34. The number of nitrogens with one attached hydrogen (secondary N) is 3. The van der Waals surface area contributed by atoms with Gasteiger partial charge in [-0.3, -0.25) is 4.79 Å². The number of rotatable bonds is 3. The molecule has 124 valence electrons. The summed E-state index contributed by atoms with van der Waals surface area (Å²) in [5.74, 6) is 1.62. The standard InChI is InChI=1S/C17H23N3O3/c21-16(13-8-17(10-20-13)3-5-18-6-4-17)19-9-12-1-2-14-15(7-12)23-11-22-14/h1-2,7,13,18,20H,3-6,8-11H2,(H,19,21)/t13-/m0/s1. The van der Waals surface area contributed by atoms with Gasteiger partial charge in [0, 0.05) is 13.1 Å². The lowest BCUT2D eigenvalue weighted by Crippen LogP contribution is -2.40. The number of ether oxygens (including phenoxy) is 2. The third kappa shape index (κ3) is 3.01. The minimum absolute atomic E-state index is 0.0675. The molecule has 1 atom stereocenters. The molecule has 1 spiro atoms. The number of fused-ring (bicyclic) bond motifs is 1. The van der Waals surface area contributed by atoms with Gasteiger partial charge in [0.05, 0.1) is 6.04 Å². The zero-order valence-corrected chi connectivity index (χ0v) is 13.2. The molecule has 0 saturated carbocycles. The highest BCUT2D eigenvalue weighted by Crippen LogP contribution is 2.37. The summed E-state index contributed by atoms with van der Waals surface area (Å²) in [6, 6.07) is 5.72. The molecule has 1 aromatic carbocycles. The van der Waals surface area contributed by atoms with Crippen LogP contribution in [-0.4, -0.2) is 38.4 Å². The van der Waals surface area contributed by atoms with Crippen LogP contribution < -0.4 is 25.4 Å². The van der Waals surface area contributed by atoms with Crippen molar-refractivity contribution < 1.29 is 14.3 Å². The molecule has 3 aliphatic rings. The monoisotopic (exact) mass is 317 g/mol. The van der Waals surface area contributed by atoms with E-state index in [4.69, 9.17) is 9.47 Å². The maximum Gasteiger partial charge on any atom is 0.237 e. The third-order valence-corrected chi connectivity index (χ3v) is 5.25. The first-order valence-corrected chi connectivity index (χ1v) is 8.35. The molecule has 0 bridgehead atoms. The average molecular weight is 317 g/mol. The first-order valence-electron chi connectivity index (χ1n) is 8.35. The van der Waals surface area contributed by atoms with Crippen LogP contribution in [0.5, 0.6) is 11.5 Å². The molecule has 2 fully saturated rings. The van der Waals surface area contributed by atoms with Crippen molar-refractivity contribution in [2.24, 2.45) is 5.41 Å². The fourth-order valence-corrected chi connectivity index (χ4v) is 3.80. The maximum atomic E-state index is 12.4. The molecule has 0 radical (unpaired) electrons. The fraction of sp³-hybridized carbons (Fsp3) is 0.588. The van der Waals surface area contributed by atoms with Crippen LogP contribution in [0.3, 0.4) is 0 Å². The molecule has 23 heavy (non-hydrogen) atoms. The van der Waals surface area contributed by atoms with Crippen LogP contribution in [-0.2, 0) is 11.3 Å². The molecule has 0 unspecified atom stereocenters. The van der Waals surface area contributed by atoms with Crippen LogP contribution in [0.2, 0.25) is 0 Å². The maximum absolute atomic E-state index is 12.4. The van der Waals surface area contributed by atoms with Crippen LogP contribution in [0.1, 0.15) is 24.8 Å². The second kappa shape index (κ2) is 6.02. The zero-order valence-electron chi connectivity index (χ0n) is 13.2. The Morgan fingerprint density at radius 1 is 1.26 bits per heavy atom. The van der Waals surface area contributed by atoms with Gasteiger partial charge in [-0.25, -0.2) is 0 Å². The van der Waals surface area contributed by atoms with Crippen LogP contribution in [0.4, 0.5) is 0 Å². The summed E-state index contributed by atoms with van der Waals surface area (Å²) in [6.45, 7) is 3.87. The highest BCUT2D eigenvalue weighted by Gasteiger charge is 2.41. The minimum atomic E-state index is -0.0675. The smallest absolute Gasteiger partial charge is 0.237 e. The summed E-state index contributed by atoms with van der Waals surface area (Å²) in [4.78, 5) is 12.4. The Hall–Kier alpha value is -1.79. The molecule has 3 N–H and O–H groups in total. The highest BCUT2D eigenvalue weighted by molar-refractivity contribution is 5.82. The summed E-state index contributed by atoms with van der Waals surface area (Å²) in [5, 5.41) is 9.85. The summed E-state index contributed by atoms with van der Waals surface area (Å²) in [7, 11) is 0. The van der Waals surface area contributed by atoms with E-state index in [9.17, 15) is 4.79 Å². The van der Waals surface area contributed by atoms with Crippen molar-refractivity contribution in [1.29, 1.82) is 0 Å². The van der Waals surface area contributed by atoms with E-state index in [0.29, 0.717) is 12.0 Å². The number of hydrogen-bond acceptors (Lipinski definition) is 5. The number of benzene rings is 1. The van der Waals surface area contributed by atoms with E-state index < -0.39 is 0 Å². The van der Waals surface area contributed by atoms with Gasteiger partial charge in [0.2, 0.25) is 12.7 Å². The Balaban J connectivity index is 1.32. The van der Waals surface area contributed by atoms with Gasteiger partial charge in [-0.15, -0.1) is 0 Å². The van der Waals surface area contributed by atoms with Crippen molar-refractivity contribution in [1.82, 2.24) is 16.0 Å². The first kappa shape index (κ1) is 14.8. The Morgan fingerprint density at radius 3 is 2.96 bits per heavy atom. The lowest BCUT2D eigenvalue weighted by Gasteiger charge is -2.33. The van der Waals surface area contributed by atoms with E-state index in [-0.39, 0.29) is 18.7 Å². The predicted octanol–water partition coefficient (Wildman–Crippen LogP) is 0.763. The normalized spacial score (nSPS) is 24.8. The van der Waals surface area contributed by atoms with Gasteiger partial charge in [0.25, 0.3) is 0 Å². The van der Waals surface area contributed by atoms with Gasteiger partial charge >= 0.3 is 0 Å². The van der Waals surface area contributed by atoms with E-state index >= 15 is 0 Å². The predicted molar refractivity (Wildman–Crippen MR) is 85.4 cm³/mol. The average Bonchev–Trinajstić information content (AvgIpc) is 3.20. The SMILES string of the molecule is O=C(NCc1ccc2c(c1)OCO2)[C@@H]1CC2(CCNCC2)CN1. The molecule has 1 amide bonds. The van der Waals surface area contributed by atoms with E-state index in [0.717, 1.165) is 56.0 Å². The summed E-state index contributed by atoms with van der Waals surface area (Å²) in [6.07, 6.45) is 3.26. The van der Waals surface area contributed by atoms with Crippen molar-refractivity contribution >= 4 is 5.91 Å². The minimum Gasteiger partial charge on any atom is -0.454 e. The van der Waals surface area contributed by atoms with Crippen molar-refractivity contribution in [3.63, 3.8) is 0 Å². The Bertz CT molecular complexity index is 599. The number of carbonyl (C=O) groups excluding carboxylic acids is 1. The molecule has 0 aromatic heterocycles. The van der Waals surface area contributed by atoms with Gasteiger partial charge in [-0.05, 0) is 55.5 Å². The molecule has 4 rings (SSSR count). The Labute approximate surface area is 135 Å². The van der Waals surface area contributed by atoms with E-state index in [1.807, 2.05) is 18.2 Å². The van der Waals surface area contributed by atoms with Gasteiger partial charge in [0.15, 0.2) is 11.5 Å². The highest BCUT2D eigenvalue weighted by atomic mass is 16.7. The molecular weight excluding hydrogens is 294 g/mol. The number of hydrogen-bond donors (Lipinski definition) is 3. The van der Waals surface area contributed by atoms with E-state index in [2.05, 4.69) is 16.0 Å². The topological polar surface area (TPSA) is 71.6 Å². The zero-order chi connectivity index (χ0) is 15.7. The number of amides is 1. The van der Waals surface area contributed by atoms with Gasteiger partial charge in [0.1, 0.15) is 0 Å². The second-order valence-electron chi connectivity index (χ2n) is 6.79. The summed E-state index contributed by atoms with van der Waals surface area (Å²) < 4.78 is 10.7. The lowest BCUT2D eigenvalue weighted by molar-refractivity contribution is -0.123. The molecule has 1 aromatic rings. The van der Waals surface area contributed by atoms with E-state index in [1.165, 1.54) is 0 Å². The summed E-state index contributed by atoms with van der Waals surface area (Å²) >= 11 is 0.